The number of carbonyl (C=O) groups is 1. The van der Waals surface area contributed by atoms with E-state index in [1.807, 2.05) is 60.9 Å². The van der Waals surface area contributed by atoms with E-state index in [9.17, 15) is 4.79 Å². The number of ether oxygens (including phenoxy) is 1. The maximum atomic E-state index is 12.4. The van der Waals surface area contributed by atoms with Crippen molar-refractivity contribution in [2.45, 2.75) is 30.5 Å². The fraction of sp³-hybridized carbons (Fsp3) is 0.208. The van der Waals surface area contributed by atoms with E-state index in [0.29, 0.717) is 18.1 Å². The molecule has 0 saturated carbocycles. The fourth-order valence-electron chi connectivity index (χ4n) is 3.43. The van der Waals surface area contributed by atoms with Crippen LogP contribution in [0.25, 0.3) is 27.8 Å². The van der Waals surface area contributed by atoms with Crippen molar-refractivity contribution >= 4 is 40.4 Å². The molecule has 158 valence electrons. The van der Waals surface area contributed by atoms with Gasteiger partial charge in [0, 0.05) is 22.5 Å². The molecule has 4 rings (SSSR count). The van der Waals surface area contributed by atoms with Crippen molar-refractivity contribution in [1.82, 2.24) is 14.5 Å². The summed E-state index contributed by atoms with van der Waals surface area (Å²) in [5.74, 6) is -0.222. The summed E-state index contributed by atoms with van der Waals surface area (Å²) in [6, 6.07) is 17.7. The Bertz CT molecular complexity index is 1190. The number of esters is 1. The molecule has 0 radical (unpaired) electrons. The average Bonchev–Trinajstić information content (AvgIpc) is 3.19. The molecular formula is C24H22ClN3O2S. The second kappa shape index (κ2) is 9.54. The number of aromatic nitrogens is 3. The summed E-state index contributed by atoms with van der Waals surface area (Å²) < 4.78 is 7.29. The van der Waals surface area contributed by atoms with Crippen molar-refractivity contribution in [3.05, 3.63) is 72.1 Å². The van der Waals surface area contributed by atoms with E-state index in [2.05, 4.69) is 28.3 Å². The SMILES string of the molecule is CCOC(=O)[C@H](CC)Sc1ncnc2c1c(-c1ccccc1)cn2-c1ccc(Cl)cc1. The summed E-state index contributed by atoms with van der Waals surface area (Å²) >= 11 is 7.52. The van der Waals surface area contributed by atoms with Crippen molar-refractivity contribution < 1.29 is 9.53 Å². The van der Waals surface area contributed by atoms with Crippen LogP contribution >= 0.6 is 23.4 Å². The molecule has 5 nitrogen and oxygen atoms in total. The van der Waals surface area contributed by atoms with Gasteiger partial charge in [-0.1, -0.05) is 60.6 Å². The number of hydrogen-bond acceptors (Lipinski definition) is 5. The van der Waals surface area contributed by atoms with Crippen LogP contribution in [0.3, 0.4) is 0 Å². The monoisotopic (exact) mass is 451 g/mol. The zero-order valence-corrected chi connectivity index (χ0v) is 18.9. The molecule has 31 heavy (non-hydrogen) atoms. The van der Waals surface area contributed by atoms with E-state index in [4.69, 9.17) is 16.3 Å². The molecule has 2 aromatic heterocycles. The number of nitrogens with zero attached hydrogens (tertiary/aromatic N) is 3. The lowest BCUT2D eigenvalue weighted by Gasteiger charge is -2.13. The van der Waals surface area contributed by atoms with Gasteiger partial charge in [0.25, 0.3) is 0 Å². The first-order chi connectivity index (χ1) is 15.1. The largest absolute Gasteiger partial charge is 0.465 e. The Hall–Kier alpha value is -2.83. The molecule has 0 unspecified atom stereocenters. The highest BCUT2D eigenvalue weighted by molar-refractivity contribution is 8.00. The lowest BCUT2D eigenvalue weighted by atomic mass is 10.1. The molecule has 0 saturated heterocycles. The van der Waals surface area contributed by atoms with Gasteiger partial charge in [0.05, 0.1) is 12.0 Å². The number of hydrogen-bond donors (Lipinski definition) is 0. The highest BCUT2D eigenvalue weighted by Gasteiger charge is 2.24. The van der Waals surface area contributed by atoms with Crippen LogP contribution in [0.2, 0.25) is 5.02 Å². The molecule has 0 aliphatic carbocycles. The lowest BCUT2D eigenvalue weighted by Crippen LogP contribution is -2.19. The summed E-state index contributed by atoms with van der Waals surface area (Å²) in [5, 5.41) is 2.02. The van der Waals surface area contributed by atoms with Crippen molar-refractivity contribution in [2.75, 3.05) is 6.61 Å². The molecule has 4 aromatic rings. The number of fused-ring (bicyclic) bond motifs is 1. The van der Waals surface area contributed by atoms with Gasteiger partial charge in [0.15, 0.2) is 0 Å². The zero-order valence-electron chi connectivity index (χ0n) is 17.3. The quantitative estimate of drug-likeness (QED) is 0.191. The van der Waals surface area contributed by atoms with E-state index >= 15 is 0 Å². The number of rotatable bonds is 7. The summed E-state index contributed by atoms with van der Waals surface area (Å²) in [4.78, 5) is 21.6. The average molecular weight is 452 g/mol. The Kier molecular flexibility index (Phi) is 6.59. The van der Waals surface area contributed by atoms with Crippen LogP contribution in [0.15, 0.2) is 72.1 Å². The molecule has 0 aliphatic heterocycles. The summed E-state index contributed by atoms with van der Waals surface area (Å²) in [7, 11) is 0. The minimum absolute atomic E-state index is 0.222. The van der Waals surface area contributed by atoms with Gasteiger partial charge in [0.1, 0.15) is 22.3 Å². The molecule has 0 N–H and O–H groups in total. The number of carbonyl (C=O) groups excluding carboxylic acids is 1. The van der Waals surface area contributed by atoms with Gasteiger partial charge in [0.2, 0.25) is 0 Å². The van der Waals surface area contributed by atoms with Crippen LogP contribution in [0, 0.1) is 0 Å². The lowest BCUT2D eigenvalue weighted by molar-refractivity contribution is -0.142. The minimum atomic E-state index is -0.333. The van der Waals surface area contributed by atoms with Crippen molar-refractivity contribution in [3.63, 3.8) is 0 Å². The van der Waals surface area contributed by atoms with Crippen molar-refractivity contribution in [1.29, 1.82) is 0 Å². The topological polar surface area (TPSA) is 57.0 Å². The van der Waals surface area contributed by atoms with E-state index in [1.54, 1.807) is 6.33 Å². The second-order valence-corrected chi connectivity index (χ2v) is 8.53. The van der Waals surface area contributed by atoms with Crippen LogP contribution in [0.4, 0.5) is 0 Å². The summed E-state index contributed by atoms with van der Waals surface area (Å²) in [6.45, 7) is 4.15. The Balaban J connectivity index is 1.90. The van der Waals surface area contributed by atoms with Gasteiger partial charge in [-0.25, -0.2) is 9.97 Å². The Morgan fingerprint density at radius 1 is 1.10 bits per heavy atom. The predicted molar refractivity (Wildman–Crippen MR) is 126 cm³/mol. The number of benzene rings is 2. The van der Waals surface area contributed by atoms with E-state index in [-0.39, 0.29) is 11.2 Å². The van der Waals surface area contributed by atoms with Crippen LogP contribution in [0.5, 0.6) is 0 Å². The Morgan fingerprint density at radius 3 is 2.52 bits per heavy atom. The number of thioether (sulfide) groups is 1. The molecule has 0 bridgehead atoms. The molecule has 2 aromatic carbocycles. The van der Waals surface area contributed by atoms with Gasteiger partial charge >= 0.3 is 5.97 Å². The molecular weight excluding hydrogens is 430 g/mol. The second-order valence-electron chi connectivity index (χ2n) is 6.90. The molecule has 0 spiro atoms. The summed E-state index contributed by atoms with van der Waals surface area (Å²) in [6.07, 6.45) is 4.25. The van der Waals surface area contributed by atoms with Gasteiger partial charge < -0.3 is 9.30 Å². The Labute approximate surface area is 190 Å². The molecule has 7 heteroatoms. The number of halogens is 1. The molecule has 0 amide bonds. The third-order valence-corrected chi connectivity index (χ3v) is 6.51. The standard InChI is InChI=1S/C24H22ClN3O2S/c1-3-20(24(29)30-4-2)31-23-21-19(16-8-6-5-7-9-16)14-28(22(21)26-15-27-23)18-12-10-17(25)11-13-18/h5-15,20H,3-4H2,1-2H3/t20-/m0/s1. The van der Waals surface area contributed by atoms with Crippen LogP contribution in [0.1, 0.15) is 20.3 Å². The molecule has 1 atom stereocenters. The third-order valence-electron chi connectivity index (χ3n) is 4.91. The Morgan fingerprint density at radius 2 is 1.84 bits per heavy atom. The molecule has 0 fully saturated rings. The summed E-state index contributed by atoms with van der Waals surface area (Å²) in [5.41, 5.74) is 3.79. The predicted octanol–water partition coefficient (Wildman–Crippen LogP) is 6.17. The van der Waals surface area contributed by atoms with E-state index in [0.717, 1.165) is 32.9 Å². The first-order valence-electron chi connectivity index (χ1n) is 10.1. The highest BCUT2D eigenvalue weighted by Crippen LogP contribution is 2.38. The normalized spacial score (nSPS) is 12.1. The van der Waals surface area contributed by atoms with Gasteiger partial charge in [-0.3, -0.25) is 4.79 Å². The zero-order chi connectivity index (χ0) is 21.8. The minimum Gasteiger partial charge on any atom is -0.465 e. The van der Waals surface area contributed by atoms with Crippen LogP contribution < -0.4 is 0 Å². The van der Waals surface area contributed by atoms with Crippen molar-refractivity contribution in [2.24, 2.45) is 0 Å². The first-order valence-corrected chi connectivity index (χ1v) is 11.4. The molecule has 0 aliphatic rings. The third kappa shape index (κ3) is 4.45. The smallest absolute Gasteiger partial charge is 0.319 e. The van der Waals surface area contributed by atoms with Gasteiger partial charge in [-0.15, -0.1) is 0 Å². The van der Waals surface area contributed by atoms with Gasteiger partial charge in [-0.05, 0) is 43.2 Å². The van der Waals surface area contributed by atoms with Crippen LogP contribution in [-0.4, -0.2) is 32.4 Å². The van der Waals surface area contributed by atoms with Crippen LogP contribution in [-0.2, 0) is 9.53 Å². The fourth-order valence-corrected chi connectivity index (χ4v) is 4.58. The van der Waals surface area contributed by atoms with E-state index < -0.39 is 0 Å². The first kappa shape index (κ1) is 21.4. The maximum Gasteiger partial charge on any atom is 0.319 e. The maximum absolute atomic E-state index is 12.4. The van der Waals surface area contributed by atoms with Crippen molar-refractivity contribution in [3.8, 4) is 16.8 Å². The molecule has 2 heterocycles. The van der Waals surface area contributed by atoms with E-state index in [1.165, 1.54) is 11.8 Å². The van der Waals surface area contributed by atoms with Gasteiger partial charge in [-0.2, -0.15) is 0 Å². The highest BCUT2D eigenvalue weighted by atomic mass is 35.5.